The quantitative estimate of drug-likeness (QED) is 0.107. The molecule has 63 heavy (non-hydrogen) atoms. The molecule has 10 aromatic carbocycles. The van der Waals surface area contributed by atoms with Crippen molar-refractivity contribution in [2.75, 3.05) is 0 Å². The van der Waals surface area contributed by atoms with Crippen LogP contribution in [0.25, 0.3) is 77.2 Å². The maximum atomic E-state index is 2.56. The highest BCUT2D eigenvalue weighted by atomic mass is 28.3. The molecule has 0 fully saturated rings. The second-order valence-corrected chi connectivity index (χ2v) is 20.2. The minimum atomic E-state index is -2.84. The van der Waals surface area contributed by atoms with Crippen LogP contribution in [0, 0.1) is 0 Å². The van der Waals surface area contributed by atoms with E-state index in [2.05, 4.69) is 264 Å². The zero-order valence-corrected chi connectivity index (χ0v) is 35.6. The molecule has 0 amide bonds. The molecule has 0 radical (unpaired) electrons. The van der Waals surface area contributed by atoms with Gasteiger partial charge in [0.15, 0.2) is 8.07 Å². The van der Waals surface area contributed by atoms with Crippen molar-refractivity contribution in [1.82, 2.24) is 9.13 Å². The fourth-order valence-electron chi connectivity index (χ4n) is 10.4. The Hall–Kier alpha value is -7.98. The van der Waals surface area contributed by atoms with Crippen LogP contribution in [0.3, 0.4) is 0 Å². The molecule has 12 aromatic rings. The van der Waals surface area contributed by atoms with E-state index in [1.807, 2.05) is 0 Å². The molecule has 12 rings (SSSR count). The summed E-state index contributed by atoms with van der Waals surface area (Å²) in [7, 11) is -2.84. The minimum Gasteiger partial charge on any atom is -0.309 e. The van der Waals surface area contributed by atoms with Crippen LogP contribution < -0.4 is 20.7 Å². The van der Waals surface area contributed by atoms with E-state index in [9.17, 15) is 0 Å². The molecule has 2 nitrogen and oxygen atoms in total. The van der Waals surface area contributed by atoms with E-state index in [0.29, 0.717) is 0 Å². The molecule has 0 N–H and O–H groups in total. The second-order valence-electron chi connectivity index (χ2n) is 16.4. The number of hydrogen-bond acceptors (Lipinski definition) is 0. The van der Waals surface area contributed by atoms with Gasteiger partial charge in [-0.1, -0.05) is 218 Å². The van der Waals surface area contributed by atoms with Crippen LogP contribution in [0.4, 0.5) is 0 Å². The summed E-state index contributed by atoms with van der Waals surface area (Å²) in [5, 5.41) is 10.3. The van der Waals surface area contributed by atoms with Gasteiger partial charge in [-0.3, -0.25) is 0 Å². The lowest BCUT2D eigenvalue weighted by atomic mass is 10.00. The van der Waals surface area contributed by atoms with E-state index in [-0.39, 0.29) is 0 Å². The summed E-state index contributed by atoms with van der Waals surface area (Å²) in [6.45, 7) is 0. The van der Waals surface area contributed by atoms with Gasteiger partial charge in [0.1, 0.15) is 0 Å². The van der Waals surface area contributed by atoms with E-state index < -0.39 is 8.07 Å². The first-order valence-electron chi connectivity index (χ1n) is 21.8. The van der Waals surface area contributed by atoms with E-state index >= 15 is 0 Å². The van der Waals surface area contributed by atoms with Crippen molar-refractivity contribution in [2.45, 2.75) is 0 Å². The van der Waals surface area contributed by atoms with Crippen LogP contribution in [0.1, 0.15) is 0 Å². The third kappa shape index (κ3) is 5.85. The standard InChI is InChI=1S/C60H42N2Si/c1-6-22-43(23-7-1)49-32-16-19-35-55(49)61-57-37-21-18-34-51(57)54-41-53(44-24-8-2-9-25-44)59(42-60(54)61)62-56-36-20-17-33-50(56)52-39-38-48(40-58(52)62)63(45-26-10-3-11-27-45,46-28-12-4-13-29-46)47-30-14-5-15-31-47/h1-42H. The third-order valence-corrected chi connectivity index (χ3v) is 17.8. The average Bonchev–Trinajstić information content (AvgIpc) is 3.87. The smallest absolute Gasteiger partial charge is 0.179 e. The first-order chi connectivity index (χ1) is 31.3. The SMILES string of the molecule is c1ccc(-c2ccccc2-n2c3ccccc3c3cc(-c4ccccc4)c(-n4c5ccccc5c5ccc([Si](c6ccccc6)(c6ccccc6)c6ccccc6)cc54)cc32)cc1. The van der Waals surface area contributed by atoms with Crippen LogP contribution in [-0.2, 0) is 0 Å². The average molecular weight is 819 g/mol. The number of nitrogens with zero attached hydrogens (tertiary/aromatic N) is 2. The molecule has 0 aliphatic heterocycles. The van der Waals surface area contributed by atoms with Gasteiger partial charge in [0.2, 0.25) is 0 Å². The largest absolute Gasteiger partial charge is 0.309 e. The summed E-state index contributed by atoms with van der Waals surface area (Å²) in [4.78, 5) is 0. The molecular weight excluding hydrogens is 777 g/mol. The van der Waals surface area contributed by atoms with Crippen LogP contribution in [-0.4, -0.2) is 17.2 Å². The molecule has 0 saturated heterocycles. The summed E-state index contributed by atoms with van der Waals surface area (Å²) >= 11 is 0. The fraction of sp³-hybridized carbons (Fsp3) is 0. The molecule has 296 valence electrons. The molecule has 0 aliphatic rings. The molecule has 0 spiro atoms. The van der Waals surface area contributed by atoms with Gasteiger partial charge in [0.05, 0.1) is 33.4 Å². The van der Waals surface area contributed by atoms with Gasteiger partial charge < -0.3 is 9.13 Å². The van der Waals surface area contributed by atoms with Crippen molar-refractivity contribution in [3.05, 3.63) is 255 Å². The Balaban J connectivity index is 1.22. The van der Waals surface area contributed by atoms with Crippen molar-refractivity contribution in [3.8, 4) is 33.6 Å². The van der Waals surface area contributed by atoms with Crippen LogP contribution >= 0.6 is 0 Å². The van der Waals surface area contributed by atoms with Gasteiger partial charge in [-0.05, 0) is 68.3 Å². The van der Waals surface area contributed by atoms with Crippen LogP contribution in [0.5, 0.6) is 0 Å². The fourth-order valence-corrected chi connectivity index (χ4v) is 15.1. The first-order valence-corrected chi connectivity index (χ1v) is 23.8. The predicted octanol–water partition coefficient (Wildman–Crippen LogP) is 12.6. The Morgan fingerprint density at radius 3 is 1.22 bits per heavy atom. The highest BCUT2D eigenvalue weighted by Gasteiger charge is 2.41. The number of rotatable bonds is 8. The Kier molecular flexibility index (Phi) is 8.87. The zero-order valence-electron chi connectivity index (χ0n) is 34.6. The number of aromatic nitrogens is 2. The van der Waals surface area contributed by atoms with Gasteiger partial charge >= 0.3 is 0 Å². The van der Waals surface area contributed by atoms with E-state index in [1.165, 1.54) is 81.1 Å². The number of fused-ring (bicyclic) bond motifs is 6. The summed E-state index contributed by atoms with van der Waals surface area (Å²) in [5.74, 6) is 0. The molecule has 2 aromatic heterocycles. The van der Waals surface area contributed by atoms with Crippen molar-refractivity contribution in [2.24, 2.45) is 0 Å². The Bertz CT molecular complexity index is 3500. The van der Waals surface area contributed by atoms with Crippen molar-refractivity contribution in [3.63, 3.8) is 0 Å². The first kappa shape index (κ1) is 36.8. The lowest BCUT2D eigenvalue weighted by Crippen LogP contribution is -2.74. The van der Waals surface area contributed by atoms with Gasteiger partial charge in [0, 0.05) is 32.7 Å². The van der Waals surface area contributed by atoms with Gasteiger partial charge in [-0.15, -0.1) is 0 Å². The molecule has 2 heterocycles. The summed E-state index contributed by atoms with van der Waals surface area (Å²) < 4.78 is 5.05. The number of para-hydroxylation sites is 3. The molecule has 0 atom stereocenters. The van der Waals surface area contributed by atoms with Crippen molar-refractivity contribution in [1.29, 1.82) is 0 Å². The van der Waals surface area contributed by atoms with E-state index in [0.717, 1.165) is 16.9 Å². The van der Waals surface area contributed by atoms with E-state index in [4.69, 9.17) is 0 Å². The van der Waals surface area contributed by atoms with Crippen LogP contribution in [0.15, 0.2) is 255 Å². The third-order valence-electron chi connectivity index (χ3n) is 13.1. The molecule has 3 heteroatoms. The lowest BCUT2D eigenvalue weighted by molar-refractivity contribution is 1.16. The normalized spacial score (nSPS) is 11.8. The maximum Gasteiger partial charge on any atom is 0.179 e. The number of hydrogen-bond donors (Lipinski definition) is 0. The Morgan fingerprint density at radius 1 is 0.238 bits per heavy atom. The van der Waals surface area contributed by atoms with Crippen molar-refractivity contribution < 1.29 is 0 Å². The summed E-state index contributed by atoms with van der Waals surface area (Å²) in [6, 6.07) is 94.4. The number of benzene rings is 10. The molecule has 0 aliphatic carbocycles. The molecule has 0 saturated carbocycles. The molecule has 0 bridgehead atoms. The minimum absolute atomic E-state index is 1.14. The van der Waals surface area contributed by atoms with Gasteiger partial charge in [0.25, 0.3) is 0 Å². The zero-order chi connectivity index (χ0) is 41.7. The van der Waals surface area contributed by atoms with Gasteiger partial charge in [-0.25, -0.2) is 0 Å². The monoisotopic (exact) mass is 818 g/mol. The Labute approximate surface area is 368 Å². The van der Waals surface area contributed by atoms with Crippen molar-refractivity contribution >= 4 is 72.4 Å². The van der Waals surface area contributed by atoms with E-state index in [1.54, 1.807) is 0 Å². The second kappa shape index (κ2) is 15.2. The maximum absolute atomic E-state index is 2.84. The molecule has 0 unspecified atom stereocenters. The predicted molar refractivity (Wildman–Crippen MR) is 270 cm³/mol. The summed E-state index contributed by atoms with van der Waals surface area (Å²) in [6.07, 6.45) is 0. The Morgan fingerprint density at radius 2 is 0.651 bits per heavy atom. The highest BCUT2D eigenvalue weighted by Crippen LogP contribution is 2.43. The highest BCUT2D eigenvalue weighted by molar-refractivity contribution is 7.20. The van der Waals surface area contributed by atoms with Crippen LogP contribution in [0.2, 0.25) is 0 Å². The topological polar surface area (TPSA) is 9.86 Å². The lowest BCUT2D eigenvalue weighted by Gasteiger charge is -2.34. The molecular formula is C60H42N2Si. The summed E-state index contributed by atoms with van der Waals surface area (Å²) in [5.41, 5.74) is 11.8. The van der Waals surface area contributed by atoms with Gasteiger partial charge in [-0.2, -0.15) is 0 Å².